The van der Waals surface area contributed by atoms with E-state index >= 15 is 0 Å². The molecule has 1 rings (SSSR count). The molecule has 1 unspecified atom stereocenters. The van der Waals surface area contributed by atoms with Gasteiger partial charge in [-0.05, 0) is 29.1 Å². The van der Waals surface area contributed by atoms with Gasteiger partial charge >= 0.3 is 0 Å². The van der Waals surface area contributed by atoms with E-state index in [0.717, 1.165) is 12.0 Å². The molecule has 11 heavy (non-hydrogen) atoms. The molecule has 0 aliphatic carbocycles. The largest absolute Gasteiger partial charge is 0.768 e. The van der Waals surface area contributed by atoms with Crippen LogP contribution in [-0.2, 0) is 17.5 Å². The molecule has 0 fully saturated rings. The number of hydrogen-bond acceptors (Lipinski definition) is 2. The van der Waals surface area contributed by atoms with Crippen LogP contribution in [0.2, 0.25) is 0 Å². The van der Waals surface area contributed by atoms with E-state index in [1.807, 2.05) is 19.1 Å². The van der Waals surface area contributed by atoms with Crippen molar-refractivity contribution in [3.8, 4) is 0 Å². The van der Waals surface area contributed by atoms with Gasteiger partial charge in [0.1, 0.15) is 0 Å². The monoisotopic (exact) mass is 169 g/mol. The van der Waals surface area contributed by atoms with Crippen LogP contribution in [0.25, 0.3) is 0 Å². The minimum atomic E-state index is -2.09. The molecule has 1 atom stereocenters. The molecule has 0 bridgehead atoms. The van der Waals surface area contributed by atoms with Gasteiger partial charge in [0.25, 0.3) is 0 Å². The first kappa shape index (κ1) is 8.43. The maximum atomic E-state index is 10.6. The Bertz CT molecular complexity index is 271. The molecule has 0 spiro atoms. The summed E-state index contributed by atoms with van der Waals surface area (Å²) in [5, 5.41) is 0. The normalized spacial score (nSPS) is 12.9. The third kappa shape index (κ3) is 1.88. The molecular weight excluding hydrogens is 160 g/mol. The smallest absolute Gasteiger partial charge is 0.0280 e. The second-order valence-electron chi connectivity index (χ2n) is 2.20. The Balaban J connectivity index is 3.12. The van der Waals surface area contributed by atoms with Gasteiger partial charge in [0.05, 0.1) is 0 Å². The predicted octanol–water partition coefficient (Wildman–Crippen LogP) is 1.49. The molecule has 0 radical (unpaired) electrons. The first-order valence-electron chi connectivity index (χ1n) is 3.43. The maximum Gasteiger partial charge on any atom is 0.0280 e. The summed E-state index contributed by atoms with van der Waals surface area (Å²) in [4.78, 5) is 0.412. The zero-order valence-corrected chi connectivity index (χ0v) is 7.06. The third-order valence-electron chi connectivity index (χ3n) is 1.53. The summed E-state index contributed by atoms with van der Waals surface area (Å²) < 4.78 is 21.2. The van der Waals surface area contributed by atoms with Crippen LogP contribution in [0.3, 0.4) is 0 Å². The molecule has 0 aromatic heterocycles. The summed E-state index contributed by atoms with van der Waals surface area (Å²) in [6.45, 7) is 1.94. The van der Waals surface area contributed by atoms with Gasteiger partial charge in [0, 0.05) is 4.90 Å². The van der Waals surface area contributed by atoms with E-state index in [0.29, 0.717) is 4.90 Å². The van der Waals surface area contributed by atoms with Crippen LogP contribution in [0, 0.1) is 0 Å². The second-order valence-corrected chi connectivity index (χ2v) is 3.11. The number of benzene rings is 1. The first-order valence-corrected chi connectivity index (χ1v) is 4.50. The highest BCUT2D eigenvalue weighted by molar-refractivity contribution is 7.79. The van der Waals surface area contributed by atoms with Crippen LogP contribution < -0.4 is 0 Å². The summed E-state index contributed by atoms with van der Waals surface area (Å²) in [6, 6.07) is 7.01. The van der Waals surface area contributed by atoms with E-state index in [-0.39, 0.29) is 0 Å². The highest BCUT2D eigenvalue weighted by Gasteiger charge is 1.97. The fraction of sp³-hybridized carbons (Fsp3) is 0.250. The fourth-order valence-electron chi connectivity index (χ4n) is 0.959. The molecule has 60 valence electrons. The van der Waals surface area contributed by atoms with Crippen LogP contribution in [0.4, 0.5) is 0 Å². The van der Waals surface area contributed by atoms with E-state index in [9.17, 15) is 8.76 Å². The lowest BCUT2D eigenvalue weighted by Gasteiger charge is -2.08. The summed E-state index contributed by atoms with van der Waals surface area (Å²) >= 11 is -2.09. The van der Waals surface area contributed by atoms with Gasteiger partial charge in [-0.15, -0.1) is 0 Å². The minimum Gasteiger partial charge on any atom is -0.768 e. The van der Waals surface area contributed by atoms with Crippen molar-refractivity contribution in [3.63, 3.8) is 0 Å². The van der Waals surface area contributed by atoms with E-state index < -0.39 is 11.1 Å². The molecule has 0 saturated heterocycles. The second kappa shape index (κ2) is 3.64. The summed E-state index contributed by atoms with van der Waals surface area (Å²) in [5.41, 5.74) is 0.876. The summed E-state index contributed by atoms with van der Waals surface area (Å²) in [5.74, 6) is 0. The Morgan fingerprint density at radius 3 is 2.55 bits per heavy atom. The van der Waals surface area contributed by atoms with Crippen molar-refractivity contribution in [1.82, 2.24) is 0 Å². The Morgan fingerprint density at radius 2 is 2.09 bits per heavy atom. The molecule has 0 N–H and O–H groups in total. The van der Waals surface area contributed by atoms with Crippen LogP contribution in [-0.4, -0.2) is 8.76 Å². The molecule has 3 heteroatoms. The van der Waals surface area contributed by atoms with Crippen molar-refractivity contribution in [1.29, 1.82) is 0 Å². The van der Waals surface area contributed by atoms with Crippen molar-refractivity contribution in [3.05, 3.63) is 29.8 Å². The summed E-state index contributed by atoms with van der Waals surface area (Å²) in [6.07, 6.45) is 0.754. The van der Waals surface area contributed by atoms with Gasteiger partial charge < -0.3 is 4.55 Å². The molecule has 0 amide bonds. The van der Waals surface area contributed by atoms with Crippen molar-refractivity contribution >= 4 is 11.1 Å². The number of aryl methyl sites for hydroxylation is 1. The van der Waals surface area contributed by atoms with Gasteiger partial charge in [-0.25, -0.2) is 0 Å². The quantitative estimate of drug-likeness (QED) is 0.629. The van der Waals surface area contributed by atoms with E-state index in [1.54, 1.807) is 12.1 Å². The molecule has 0 saturated carbocycles. The van der Waals surface area contributed by atoms with E-state index in [4.69, 9.17) is 0 Å². The van der Waals surface area contributed by atoms with Gasteiger partial charge in [0.15, 0.2) is 0 Å². The standard InChI is InChI=1S/C8H10O2S/c1-2-7-5-3-4-6-8(7)11(9)10/h3-6H,2H2,1H3,(H,9,10)/p-1. The lowest BCUT2D eigenvalue weighted by Crippen LogP contribution is -1.94. The van der Waals surface area contributed by atoms with Gasteiger partial charge in [-0.3, -0.25) is 4.21 Å². The number of hydrogen-bond donors (Lipinski definition) is 0. The van der Waals surface area contributed by atoms with Gasteiger partial charge in [-0.2, -0.15) is 0 Å². The van der Waals surface area contributed by atoms with Crippen LogP contribution in [0.1, 0.15) is 12.5 Å². The van der Waals surface area contributed by atoms with Crippen LogP contribution in [0.5, 0.6) is 0 Å². The van der Waals surface area contributed by atoms with Gasteiger partial charge in [0.2, 0.25) is 0 Å². The average molecular weight is 169 g/mol. The molecule has 0 heterocycles. The SMILES string of the molecule is CCc1ccccc1S(=O)[O-]. The zero-order chi connectivity index (χ0) is 8.27. The topological polar surface area (TPSA) is 40.1 Å². The molecule has 1 aromatic carbocycles. The number of rotatable bonds is 2. The molecule has 2 nitrogen and oxygen atoms in total. The highest BCUT2D eigenvalue weighted by atomic mass is 32.2. The van der Waals surface area contributed by atoms with Crippen molar-refractivity contribution in [2.75, 3.05) is 0 Å². The minimum absolute atomic E-state index is 0.412. The lowest BCUT2D eigenvalue weighted by atomic mass is 10.2. The Kier molecular flexibility index (Phi) is 2.79. The fourth-order valence-corrected chi connectivity index (χ4v) is 1.57. The molecule has 1 aromatic rings. The molecular formula is C8H9O2S-. The third-order valence-corrected chi connectivity index (χ3v) is 2.29. The average Bonchev–Trinajstić information content (AvgIpc) is 2.04. The van der Waals surface area contributed by atoms with Crippen molar-refractivity contribution in [2.45, 2.75) is 18.2 Å². The predicted molar refractivity (Wildman–Crippen MR) is 43.0 cm³/mol. The summed E-state index contributed by atoms with van der Waals surface area (Å²) in [7, 11) is 0. The van der Waals surface area contributed by atoms with Crippen LogP contribution in [0.15, 0.2) is 29.2 Å². The Morgan fingerprint density at radius 1 is 1.45 bits per heavy atom. The highest BCUT2D eigenvalue weighted by Crippen LogP contribution is 2.11. The lowest BCUT2D eigenvalue weighted by molar-refractivity contribution is 0.536. The molecule has 0 aliphatic rings. The molecule has 0 aliphatic heterocycles. The van der Waals surface area contributed by atoms with Crippen molar-refractivity contribution < 1.29 is 8.76 Å². The van der Waals surface area contributed by atoms with Crippen LogP contribution >= 0.6 is 0 Å². The Labute approximate surface area is 68.5 Å². The Hall–Kier alpha value is -0.670. The zero-order valence-electron chi connectivity index (χ0n) is 6.24. The maximum absolute atomic E-state index is 10.6. The van der Waals surface area contributed by atoms with Crippen molar-refractivity contribution in [2.24, 2.45) is 0 Å². The van der Waals surface area contributed by atoms with E-state index in [2.05, 4.69) is 0 Å². The first-order chi connectivity index (χ1) is 5.25. The van der Waals surface area contributed by atoms with Gasteiger partial charge in [-0.1, -0.05) is 25.1 Å². The van der Waals surface area contributed by atoms with E-state index in [1.165, 1.54) is 0 Å².